The molecule has 0 saturated carbocycles. The molecule has 0 aliphatic carbocycles. The Hall–Kier alpha value is -4.19. The van der Waals surface area contributed by atoms with Gasteiger partial charge in [-0.25, -0.2) is 0 Å². The van der Waals surface area contributed by atoms with E-state index in [1.54, 1.807) is 0 Å². The van der Waals surface area contributed by atoms with Crippen LogP contribution in [0.3, 0.4) is 0 Å². The average molecular weight is 871 g/mol. The lowest BCUT2D eigenvalue weighted by Crippen LogP contribution is -2.30. The number of allylic oxidation sites excluding steroid dienone is 20. The Kier molecular flexibility index (Phi) is 47.1. The molecular weight excluding hydrogens is 781 g/mol. The van der Waals surface area contributed by atoms with Crippen molar-refractivity contribution < 1.29 is 28.6 Å². The summed E-state index contributed by atoms with van der Waals surface area (Å²) in [5, 5.41) is 0. The molecule has 0 aromatic heterocycles. The van der Waals surface area contributed by atoms with E-state index in [1.165, 1.54) is 44.9 Å². The van der Waals surface area contributed by atoms with Crippen molar-refractivity contribution in [1.82, 2.24) is 0 Å². The molecule has 6 nitrogen and oxygen atoms in total. The Balaban J connectivity index is 4.54. The molecule has 6 heteroatoms. The quantitative estimate of drug-likeness (QED) is 0.0200. The standard InChI is InChI=1S/C57H90O6/c1-4-7-10-13-16-19-22-25-27-28-30-32-35-38-41-44-47-50-56(59)62-53-54(52-61-55(58)49-46-43-40-37-34-31-24-21-18-15-12-9-6-3)63-57(60)51-48-45-42-39-36-33-29-26-23-20-17-14-11-8-5-2/h8-9,11-12,14-21,23-25,27,30,32,38,41,54H,4-7,10,13,22,26,28-29,31,33-37,39-40,42-53H2,1-3H3/b11-8+,12-9+,17-14+,18-15+,19-16+,23-20+,24-21+,27-25+,32-30+,41-38+. The van der Waals surface area contributed by atoms with E-state index in [4.69, 9.17) is 14.2 Å². The minimum Gasteiger partial charge on any atom is -0.462 e. The van der Waals surface area contributed by atoms with Crippen LogP contribution in [0, 0.1) is 0 Å². The van der Waals surface area contributed by atoms with E-state index in [9.17, 15) is 14.4 Å². The SMILES string of the molecule is CC/C=C/C=C/C=C/CCCCCCCCCC(=O)OC(COC(=O)CCC/C=C/C/C=C/C/C=C/C/C=C/CCCCC)COC(=O)CCCCCCC/C=C/C=C/C=C/CC. The van der Waals surface area contributed by atoms with Crippen molar-refractivity contribution >= 4 is 17.9 Å². The first kappa shape index (κ1) is 58.8. The smallest absolute Gasteiger partial charge is 0.306 e. The van der Waals surface area contributed by atoms with Crippen LogP contribution in [0.15, 0.2) is 122 Å². The molecule has 0 saturated heterocycles. The largest absolute Gasteiger partial charge is 0.462 e. The number of esters is 3. The van der Waals surface area contributed by atoms with Crippen molar-refractivity contribution in [2.24, 2.45) is 0 Å². The summed E-state index contributed by atoms with van der Waals surface area (Å²) < 4.78 is 16.7. The molecule has 63 heavy (non-hydrogen) atoms. The molecule has 0 bridgehead atoms. The molecule has 354 valence electrons. The lowest BCUT2D eigenvalue weighted by atomic mass is 10.1. The van der Waals surface area contributed by atoms with Crippen LogP contribution < -0.4 is 0 Å². The Labute approximate surface area is 386 Å². The summed E-state index contributed by atoms with van der Waals surface area (Å²) in [5.74, 6) is -1.01. The number of carbonyl (C=O) groups excluding carboxylic acids is 3. The first-order valence-corrected chi connectivity index (χ1v) is 25.1. The summed E-state index contributed by atoms with van der Waals surface area (Å²) in [6, 6.07) is 0. The van der Waals surface area contributed by atoms with Crippen molar-refractivity contribution in [1.29, 1.82) is 0 Å². The second-order valence-corrected chi connectivity index (χ2v) is 16.1. The lowest BCUT2D eigenvalue weighted by molar-refractivity contribution is -0.167. The molecule has 0 radical (unpaired) electrons. The van der Waals surface area contributed by atoms with Crippen molar-refractivity contribution in [3.05, 3.63) is 122 Å². The van der Waals surface area contributed by atoms with Gasteiger partial charge in [0.25, 0.3) is 0 Å². The molecule has 0 rings (SSSR count). The summed E-state index contributed by atoms with van der Waals surface area (Å²) in [6.07, 6.45) is 69.0. The van der Waals surface area contributed by atoms with Crippen LogP contribution in [0.5, 0.6) is 0 Å². The molecule has 0 heterocycles. The van der Waals surface area contributed by atoms with Crippen LogP contribution in [-0.4, -0.2) is 37.2 Å². The minimum atomic E-state index is -0.818. The Morgan fingerprint density at radius 1 is 0.349 bits per heavy atom. The van der Waals surface area contributed by atoms with Crippen LogP contribution in [0.4, 0.5) is 0 Å². The third-order valence-corrected chi connectivity index (χ3v) is 10.1. The molecule has 0 spiro atoms. The first-order chi connectivity index (χ1) is 31.0. The van der Waals surface area contributed by atoms with Gasteiger partial charge in [-0.15, -0.1) is 0 Å². The molecule has 0 aliphatic heterocycles. The monoisotopic (exact) mass is 871 g/mol. The van der Waals surface area contributed by atoms with Crippen molar-refractivity contribution in [3.8, 4) is 0 Å². The van der Waals surface area contributed by atoms with E-state index in [-0.39, 0.29) is 37.5 Å². The fourth-order valence-corrected chi connectivity index (χ4v) is 6.32. The van der Waals surface area contributed by atoms with Crippen molar-refractivity contribution in [3.63, 3.8) is 0 Å². The van der Waals surface area contributed by atoms with Crippen LogP contribution in [0.2, 0.25) is 0 Å². The maximum Gasteiger partial charge on any atom is 0.306 e. The second kappa shape index (κ2) is 50.5. The average Bonchev–Trinajstić information content (AvgIpc) is 3.28. The van der Waals surface area contributed by atoms with E-state index in [0.717, 1.165) is 109 Å². The Bertz CT molecular complexity index is 1370. The normalized spacial score (nSPS) is 13.1. The fourth-order valence-electron chi connectivity index (χ4n) is 6.32. The molecular formula is C57H90O6. The summed E-state index contributed by atoms with van der Waals surface area (Å²) in [7, 11) is 0. The van der Waals surface area contributed by atoms with E-state index in [2.05, 4.69) is 136 Å². The van der Waals surface area contributed by atoms with E-state index in [0.29, 0.717) is 19.3 Å². The number of hydrogen-bond donors (Lipinski definition) is 0. The van der Waals surface area contributed by atoms with Crippen LogP contribution >= 0.6 is 0 Å². The highest BCUT2D eigenvalue weighted by Gasteiger charge is 2.19. The highest BCUT2D eigenvalue weighted by Crippen LogP contribution is 2.13. The summed E-state index contributed by atoms with van der Waals surface area (Å²) >= 11 is 0. The number of rotatable bonds is 43. The number of unbranched alkanes of at least 4 members (excludes halogenated alkanes) is 16. The van der Waals surface area contributed by atoms with Gasteiger partial charge in [0.1, 0.15) is 13.2 Å². The molecule has 0 aromatic carbocycles. The molecule has 0 aromatic rings. The molecule has 0 N–H and O–H groups in total. The second-order valence-electron chi connectivity index (χ2n) is 16.1. The summed E-state index contributed by atoms with van der Waals surface area (Å²) in [4.78, 5) is 37.9. The number of hydrogen-bond acceptors (Lipinski definition) is 6. The number of ether oxygens (including phenoxy) is 3. The topological polar surface area (TPSA) is 78.9 Å². The molecule has 1 unspecified atom stereocenters. The predicted molar refractivity (Wildman–Crippen MR) is 269 cm³/mol. The van der Waals surface area contributed by atoms with Gasteiger partial charge in [0.15, 0.2) is 6.10 Å². The van der Waals surface area contributed by atoms with Gasteiger partial charge in [0.2, 0.25) is 0 Å². The zero-order chi connectivity index (χ0) is 45.8. The maximum absolute atomic E-state index is 12.8. The Morgan fingerprint density at radius 2 is 0.698 bits per heavy atom. The van der Waals surface area contributed by atoms with E-state index >= 15 is 0 Å². The van der Waals surface area contributed by atoms with Gasteiger partial charge in [-0.05, 0) is 96.3 Å². The number of carbonyl (C=O) groups is 3. The van der Waals surface area contributed by atoms with E-state index in [1.807, 2.05) is 6.08 Å². The third-order valence-electron chi connectivity index (χ3n) is 10.1. The maximum atomic E-state index is 12.8. The van der Waals surface area contributed by atoms with Crippen molar-refractivity contribution in [2.75, 3.05) is 13.2 Å². The van der Waals surface area contributed by atoms with Gasteiger partial charge in [0, 0.05) is 19.3 Å². The first-order valence-electron chi connectivity index (χ1n) is 25.1. The third kappa shape index (κ3) is 48.7. The highest BCUT2D eigenvalue weighted by molar-refractivity contribution is 5.71. The molecule has 0 aliphatic rings. The lowest BCUT2D eigenvalue weighted by Gasteiger charge is -2.18. The van der Waals surface area contributed by atoms with Crippen LogP contribution in [0.25, 0.3) is 0 Å². The molecule has 0 fully saturated rings. The zero-order valence-corrected chi connectivity index (χ0v) is 40.3. The van der Waals surface area contributed by atoms with Crippen LogP contribution in [0.1, 0.15) is 201 Å². The van der Waals surface area contributed by atoms with Gasteiger partial charge < -0.3 is 14.2 Å². The van der Waals surface area contributed by atoms with Gasteiger partial charge >= 0.3 is 17.9 Å². The van der Waals surface area contributed by atoms with Crippen LogP contribution in [-0.2, 0) is 28.6 Å². The van der Waals surface area contributed by atoms with Gasteiger partial charge in [-0.1, -0.05) is 206 Å². The fraction of sp³-hybridized carbons (Fsp3) is 0.596. The van der Waals surface area contributed by atoms with E-state index < -0.39 is 6.10 Å². The van der Waals surface area contributed by atoms with Gasteiger partial charge in [-0.3, -0.25) is 14.4 Å². The van der Waals surface area contributed by atoms with Gasteiger partial charge in [-0.2, -0.15) is 0 Å². The highest BCUT2D eigenvalue weighted by atomic mass is 16.6. The summed E-state index contributed by atoms with van der Waals surface area (Å²) in [5.41, 5.74) is 0. The predicted octanol–water partition coefficient (Wildman–Crippen LogP) is 16.5. The molecule has 1 atom stereocenters. The molecule has 0 amide bonds. The van der Waals surface area contributed by atoms with Crippen molar-refractivity contribution in [2.45, 2.75) is 207 Å². The minimum absolute atomic E-state index is 0.115. The zero-order valence-electron chi connectivity index (χ0n) is 40.3. The van der Waals surface area contributed by atoms with Gasteiger partial charge in [0.05, 0.1) is 0 Å². The summed E-state index contributed by atoms with van der Waals surface area (Å²) in [6.45, 7) is 6.25. The Morgan fingerprint density at radius 3 is 1.16 bits per heavy atom.